The molecule has 1 amide bonds. The van der Waals surface area contributed by atoms with Crippen LogP contribution in [0.2, 0.25) is 0 Å². The molecule has 4 heteroatoms. The van der Waals surface area contributed by atoms with E-state index >= 15 is 0 Å². The number of fused-ring (bicyclic) bond motifs is 1. The van der Waals surface area contributed by atoms with Crippen LogP contribution in [0.1, 0.15) is 38.2 Å². The third-order valence-electron chi connectivity index (χ3n) is 5.95. The molecule has 2 aliphatic rings. The summed E-state index contributed by atoms with van der Waals surface area (Å²) < 4.78 is 6.06. The maximum absolute atomic E-state index is 11.6. The van der Waals surface area contributed by atoms with E-state index in [1.807, 2.05) is 0 Å². The highest BCUT2D eigenvalue weighted by Gasteiger charge is 2.40. The molecule has 0 aromatic heterocycles. The van der Waals surface area contributed by atoms with E-state index in [0.717, 1.165) is 57.8 Å². The number of benzene rings is 2. The van der Waals surface area contributed by atoms with E-state index in [9.17, 15) is 4.79 Å². The second-order valence-electron chi connectivity index (χ2n) is 7.84. The summed E-state index contributed by atoms with van der Waals surface area (Å²) in [6, 6.07) is 12.9. The van der Waals surface area contributed by atoms with Crippen LogP contribution < -0.4 is 10.1 Å². The molecule has 2 heterocycles. The zero-order chi connectivity index (χ0) is 18.0. The number of nitrogens with zero attached hydrogens (tertiary/aromatic N) is 1. The summed E-state index contributed by atoms with van der Waals surface area (Å²) in [5.41, 5.74) is 1.50. The molecule has 4 rings (SSSR count). The van der Waals surface area contributed by atoms with E-state index in [1.54, 1.807) is 0 Å². The minimum atomic E-state index is 0.202. The molecule has 1 spiro atoms. The first-order valence-corrected chi connectivity index (χ1v) is 9.82. The van der Waals surface area contributed by atoms with Gasteiger partial charge in [-0.2, -0.15) is 0 Å². The third-order valence-corrected chi connectivity index (χ3v) is 5.95. The van der Waals surface area contributed by atoms with Crippen molar-refractivity contribution in [3.63, 3.8) is 0 Å². The van der Waals surface area contributed by atoms with Gasteiger partial charge in [-0.05, 0) is 54.6 Å². The van der Waals surface area contributed by atoms with Crippen LogP contribution in [0.5, 0.6) is 5.75 Å². The number of hydrogen-bond acceptors (Lipinski definition) is 3. The predicted molar refractivity (Wildman–Crippen MR) is 104 cm³/mol. The highest BCUT2D eigenvalue weighted by Crippen LogP contribution is 2.38. The number of ether oxygens (including phenoxy) is 1. The first-order chi connectivity index (χ1) is 12.7. The lowest BCUT2D eigenvalue weighted by Gasteiger charge is -2.38. The SMILES string of the molecule is CCCOc1ccc2ccccc2c1CN1CCC2(CC1)CNC(=O)C2. The van der Waals surface area contributed by atoms with Crippen LogP contribution in [-0.4, -0.2) is 37.0 Å². The van der Waals surface area contributed by atoms with Crippen molar-refractivity contribution >= 4 is 16.7 Å². The molecule has 138 valence electrons. The van der Waals surface area contributed by atoms with Crippen molar-refractivity contribution in [1.29, 1.82) is 0 Å². The van der Waals surface area contributed by atoms with Crippen LogP contribution in [-0.2, 0) is 11.3 Å². The summed E-state index contributed by atoms with van der Waals surface area (Å²) in [5, 5.41) is 5.58. The third kappa shape index (κ3) is 3.43. The second kappa shape index (κ2) is 7.28. The minimum Gasteiger partial charge on any atom is -0.493 e. The molecule has 2 fully saturated rings. The molecule has 0 aliphatic carbocycles. The number of rotatable bonds is 5. The molecule has 2 aromatic carbocycles. The van der Waals surface area contributed by atoms with Crippen molar-refractivity contribution < 1.29 is 9.53 Å². The summed E-state index contributed by atoms with van der Waals surface area (Å²) in [7, 11) is 0. The van der Waals surface area contributed by atoms with E-state index in [0.29, 0.717) is 6.42 Å². The monoisotopic (exact) mass is 352 g/mol. The fourth-order valence-electron chi connectivity index (χ4n) is 4.34. The molecule has 0 bridgehead atoms. The Morgan fingerprint density at radius 1 is 1.15 bits per heavy atom. The Bertz CT molecular complexity index is 794. The summed E-state index contributed by atoms with van der Waals surface area (Å²) >= 11 is 0. The lowest BCUT2D eigenvalue weighted by atomic mass is 9.77. The Balaban J connectivity index is 1.53. The fourth-order valence-corrected chi connectivity index (χ4v) is 4.34. The van der Waals surface area contributed by atoms with Crippen LogP contribution in [0.3, 0.4) is 0 Å². The molecule has 2 saturated heterocycles. The van der Waals surface area contributed by atoms with Gasteiger partial charge in [-0.15, -0.1) is 0 Å². The maximum Gasteiger partial charge on any atom is 0.220 e. The Labute approximate surface area is 155 Å². The van der Waals surface area contributed by atoms with Crippen molar-refractivity contribution in [2.75, 3.05) is 26.2 Å². The molecule has 2 aromatic rings. The Morgan fingerprint density at radius 2 is 1.96 bits per heavy atom. The summed E-state index contributed by atoms with van der Waals surface area (Å²) in [5.74, 6) is 1.24. The number of likely N-dealkylation sites (tertiary alicyclic amines) is 1. The summed E-state index contributed by atoms with van der Waals surface area (Å²) in [4.78, 5) is 14.2. The fraction of sp³-hybridized carbons (Fsp3) is 0.500. The quantitative estimate of drug-likeness (QED) is 0.891. The number of amides is 1. The molecular weight excluding hydrogens is 324 g/mol. The average molecular weight is 352 g/mol. The number of hydrogen-bond donors (Lipinski definition) is 1. The maximum atomic E-state index is 11.6. The molecule has 0 radical (unpaired) electrons. The van der Waals surface area contributed by atoms with E-state index in [1.165, 1.54) is 16.3 Å². The summed E-state index contributed by atoms with van der Waals surface area (Å²) in [6.45, 7) is 6.76. The Morgan fingerprint density at radius 3 is 2.69 bits per heavy atom. The average Bonchev–Trinajstić information content (AvgIpc) is 3.03. The molecule has 2 aliphatic heterocycles. The lowest BCUT2D eigenvalue weighted by Crippen LogP contribution is -2.40. The minimum absolute atomic E-state index is 0.202. The van der Waals surface area contributed by atoms with Crippen LogP contribution in [0.25, 0.3) is 10.8 Å². The van der Waals surface area contributed by atoms with Gasteiger partial charge in [0, 0.05) is 25.1 Å². The number of piperidine rings is 1. The van der Waals surface area contributed by atoms with E-state index in [4.69, 9.17) is 4.74 Å². The molecule has 0 atom stereocenters. The Hall–Kier alpha value is -2.07. The van der Waals surface area contributed by atoms with Crippen LogP contribution in [0.4, 0.5) is 0 Å². The molecule has 26 heavy (non-hydrogen) atoms. The molecule has 4 nitrogen and oxygen atoms in total. The number of carbonyl (C=O) groups excluding carboxylic acids is 1. The van der Waals surface area contributed by atoms with Crippen molar-refractivity contribution in [2.45, 2.75) is 39.2 Å². The first kappa shape index (κ1) is 17.3. The largest absolute Gasteiger partial charge is 0.493 e. The van der Waals surface area contributed by atoms with E-state index < -0.39 is 0 Å². The van der Waals surface area contributed by atoms with Gasteiger partial charge in [-0.1, -0.05) is 37.3 Å². The van der Waals surface area contributed by atoms with E-state index in [2.05, 4.69) is 53.5 Å². The topological polar surface area (TPSA) is 41.6 Å². The predicted octanol–water partition coefficient (Wildman–Crippen LogP) is 3.73. The highest BCUT2D eigenvalue weighted by atomic mass is 16.5. The van der Waals surface area contributed by atoms with Gasteiger partial charge >= 0.3 is 0 Å². The van der Waals surface area contributed by atoms with Gasteiger partial charge in [-0.3, -0.25) is 9.69 Å². The number of carbonyl (C=O) groups is 1. The van der Waals surface area contributed by atoms with Gasteiger partial charge in [0.15, 0.2) is 0 Å². The van der Waals surface area contributed by atoms with Gasteiger partial charge in [0.25, 0.3) is 0 Å². The number of nitrogens with one attached hydrogen (secondary N) is 1. The van der Waals surface area contributed by atoms with Crippen LogP contribution in [0.15, 0.2) is 36.4 Å². The van der Waals surface area contributed by atoms with Gasteiger partial charge in [0.05, 0.1) is 6.61 Å². The lowest BCUT2D eigenvalue weighted by molar-refractivity contribution is -0.119. The second-order valence-corrected chi connectivity index (χ2v) is 7.84. The molecule has 0 saturated carbocycles. The van der Waals surface area contributed by atoms with Crippen molar-refractivity contribution in [3.05, 3.63) is 42.0 Å². The smallest absolute Gasteiger partial charge is 0.220 e. The van der Waals surface area contributed by atoms with Crippen molar-refractivity contribution in [2.24, 2.45) is 5.41 Å². The van der Waals surface area contributed by atoms with Gasteiger partial charge < -0.3 is 10.1 Å². The van der Waals surface area contributed by atoms with Crippen molar-refractivity contribution in [3.8, 4) is 5.75 Å². The Kier molecular flexibility index (Phi) is 4.86. The van der Waals surface area contributed by atoms with Crippen LogP contribution in [0, 0.1) is 5.41 Å². The molecular formula is C22H28N2O2. The first-order valence-electron chi connectivity index (χ1n) is 9.82. The molecule has 1 N–H and O–H groups in total. The van der Waals surface area contributed by atoms with Gasteiger partial charge in [0.2, 0.25) is 5.91 Å². The summed E-state index contributed by atoms with van der Waals surface area (Å²) in [6.07, 6.45) is 3.92. The molecule has 0 unspecified atom stereocenters. The normalized spacial score (nSPS) is 19.8. The highest BCUT2D eigenvalue weighted by molar-refractivity contribution is 5.87. The van der Waals surface area contributed by atoms with Gasteiger partial charge in [-0.25, -0.2) is 0 Å². The van der Waals surface area contributed by atoms with Gasteiger partial charge in [0.1, 0.15) is 5.75 Å². The zero-order valence-corrected chi connectivity index (χ0v) is 15.6. The zero-order valence-electron chi connectivity index (χ0n) is 15.6. The van der Waals surface area contributed by atoms with Crippen molar-refractivity contribution in [1.82, 2.24) is 10.2 Å². The van der Waals surface area contributed by atoms with E-state index in [-0.39, 0.29) is 11.3 Å². The van der Waals surface area contributed by atoms with Crippen LogP contribution >= 0.6 is 0 Å². The standard InChI is InChI=1S/C22H28N2O2/c1-2-13-26-20-8-7-17-5-3-4-6-18(17)19(20)15-24-11-9-22(10-12-24)14-21(25)23-16-22/h3-8H,2,9-16H2,1H3,(H,23,25).